The topological polar surface area (TPSA) is 61.0 Å². The van der Waals surface area contributed by atoms with E-state index in [9.17, 15) is 4.79 Å². The zero-order valence-electron chi connectivity index (χ0n) is 12.0. The number of nitrogens with zero attached hydrogens (tertiary/aromatic N) is 2. The minimum atomic E-state index is 0.136. The molecule has 1 amide bonds. The fourth-order valence-electron chi connectivity index (χ4n) is 3.67. The molecule has 1 aromatic heterocycles. The fourth-order valence-corrected chi connectivity index (χ4v) is 3.67. The highest BCUT2D eigenvalue weighted by molar-refractivity contribution is 5.83. The number of aromatic amines is 1. The van der Waals surface area contributed by atoms with Gasteiger partial charge in [-0.3, -0.25) is 9.89 Å². The normalized spacial score (nSPS) is 27.9. The lowest BCUT2D eigenvalue weighted by Crippen LogP contribution is -2.57. The molecule has 5 heteroatoms. The van der Waals surface area contributed by atoms with Gasteiger partial charge >= 0.3 is 0 Å². The van der Waals surface area contributed by atoms with Gasteiger partial charge < -0.3 is 10.2 Å². The predicted molar refractivity (Wildman–Crippen MR) is 80.9 cm³/mol. The van der Waals surface area contributed by atoms with E-state index in [4.69, 9.17) is 0 Å². The average molecular weight is 284 g/mol. The highest BCUT2D eigenvalue weighted by Crippen LogP contribution is 2.27. The summed E-state index contributed by atoms with van der Waals surface area (Å²) in [4.78, 5) is 14.7. The number of H-pyrrole nitrogens is 1. The van der Waals surface area contributed by atoms with Gasteiger partial charge in [0.1, 0.15) is 0 Å². The Hall–Kier alpha value is -1.88. The molecule has 2 aromatic rings. The molecule has 1 aromatic carbocycles. The second-order valence-electron chi connectivity index (χ2n) is 6.28. The van der Waals surface area contributed by atoms with Gasteiger partial charge in [0.05, 0.1) is 18.1 Å². The van der Waals surface area contributed by atoms with Crippen LogP contribution in [-0.2, 0) is 11.2 Å². The van der Waals surface area contributed by atoms with Crippen LogP contribution in [-0.4, -0.2) is 46.7 Å². The molecule has 0 saturated carbocycles. The Bertz CT molecular complexity index is 657. The first-order valence-electron chi connectivity index (χ1n) is 7.72. The highest BCUT2D eigenvalue weighted by Gasteiger charge is 2.34. The second kappa shape index (κ2) is 5.15. The van der Waals surface area contributed by atoms with Crippen LogP contribution in [0.15, 0.2) is 24.4 Å². The van der Waals surface area contributed by atoms with E-state index >= 15 is 0 Å². The predicted octanol–water partition coefficient (Wildman–Crippen LogP) is 1.32. The quantitative estimate of drug-likeness (QED) is 0.893. The minimum absolute atomic E-state index is 0.136. The number of hydrogen-bond donors (Lipinski definition) is 2. The summed E-state index contributed by atoms with van der Waals surface area (Å²) in [6.07, 6.45) is 4.70. The van der Waals surface area contributed by atoms with Crippen molar-refractivity contribution in [2.75, 3.05) is 19.6 Å². The minimum Gasteiger partial charge on any atom is -0.352 e. The number of carbonyl (C=O) groups excluding carboxylic acids is 1. The van der Waals surface area contributed by atoms with E-state index in [0.29, 0.717) is 18.4 Å². The molecular formula is C16H20N4O. The van der Waals surface area contributed by atoms with Crippen LogP contribution >= 0.6 is 0 Å². The van der Waals surface area contributed by atoms with Gasteiger partial charge in [0.15, 0.2) is 0 Å². The van der Waals surface area contributed by atoms with Crippen molar-refractivity contribution in [1.82, 2.24) is 20.4 Å². The molecule has 5 nitrogen and oxygen atoms in total. The molecule has 21 heavy (non-hydrogen) atoms. The molecule has 2 N–H and O–H groups in total. The number of fused-ring (bicyclic) bond motifs is 4. The van der Waals surface area contributed by atoms with E-state index < -0.39 is 0 Å². The molecule has 3 saturated heterocycles. The van der Waals surface area contributed by atoms with Crippen molar-refractivity contribution < 1.29 is 4.79 Å². The van der Waals surface area contributed by atoms with E-state index in [0.717, 1.165) is 23.0 Å². The van der Waals surface area contributed by atoms with Gasteiger partial charge in [0.2, 0.25) is 5.91 Å². The summed E-state index contributed by atoms with van der Waals surface area (Å²) in [5, 5.41) is 11.2. The summed E-state index contributed by atoms with van der Waals surface area (Å²) in [5.74, 6) is 0.812. The lowest BCUT2D eigenvalue weighted by atomic mass is 9.84. The number of hydrogen-bond acceptors (Lipinski definition) is 3. The van der Waals surface area contributed by atoms with Crippen LogP contribution in [0.2, 0.25) is 0 Å². The van der Waals surface area contributed by atoms with E-state index in [1.54, 1.807) is 6.20 Å². The number of nitrogens with one attached hydrogen (secondary N) is 2. The Morgan fingerprint density at radius 2 is 2.24 bits per heavy atom. The van der Waals surface area contributed by atoms with Crippen molar-refractivity contribution >= 4 is 16.8 Å². The number of carbonyl (C=O) groups is 1. The molecule has 0 radical (unpaired) electrons. The summed E-state index contributed by atoms with van der Waals surface area (Å²) in [5.41, 5.74) is 2.05. The summed E-state index contributed by atoms with van der Waals surface area (Å²) in [6, 6.07) is 6.36. The fraction of sp³-hybridized carbons (Fsp3) is 0.500. The van der Waals surface area contributed by atoms with Crippen molar-refractivity contribution in [3.8, 4) is 0 Å². The summed E-state index contributed by atoms with van der Waals surface area (Å²) in [7, 11) is 0. The number of amides is 1. The Kier molecular flexibility index (Phi) is 3.15. The molecule has 4 heterocycles. The maximum atomic E-state index is 12.3. The Balaban J connectivity index is 1.41. The zero-order valence-corrected chi connectivity index (χ0v) is 12.0. The maximum absolute atomic E-state index is 12.3. The van der Waals surface area contributed by atoms with Crippen LogP contribution in [0.25, 0.3) is 10.9 Å². The highest BCUT2D eigenvalue weighted by atomic mass is 16.1. The van der Waals surface area contributed by atoms with Crippen LogP contribution in [0.4, 0.5) is 0 Å². The van der Waals surface area contributed by atoms with E-state index in [2.05, 4.69) is 20.4 Å². The molecule has 3 fully saturated rings. The molecule has 2 bridgehead atoms. The summed E-state index contributed by atoms with van der Waals surface area (Å²) in [6.45, 7) is 3.43. The smallest absolute Gasteiger partial charge is 0.224 e. The van der Waals surface area contributed by atoms with Crippen molar-refractivity contribution in [3.05, 3.63) is 30.0 Å². The molecule has 1 atom stereocenters. The van der Waals surface area contributed by atoms with Crippen molar-refractivity contribution in [1.29, 1.82) is 0 Å². The number of benzene rings is 1. The van der Waals surface area contributed by atoms with E-state index in [1.165, 1.54) is 25.9 Å². The van der Waals surface area contributed by atoms with Crippen LogP contribution in [0.5, 0.6) is 0 Å². The van der Waals surface area contributed by atoms with Gasteiger partial charge in [-0.05, 0) is 49.5 Å². The molecule has 3 aliphatic heterocycles. The lowest BCUT2D eigenvalue weighted by Gasteiger charge is -2.44. The van der Waals surface area contributed by atoms with E-state index in [-0.39, 0.29) is 5.91 Å². The molecule has 0 spiro atoms. The Morgan fingerprint density at radius 1 is 1.38 bits per heavy atom. The van der Waals surface area contributed by atoms with Crippen LogP contribution in [0.3, 0.4) is 0 Å². The monoisotopic (exact) mass is 284 g/mol. The third-order valence-electron chi connectivity index (χ3n) is 4.87. The van der Waals surface area contributed by atoms with Gasteiger partial charge in [-0.2, -0.15) is 5.10 Å². The summed E-state index contributed by atoms with van der Waals surface area (Å²) >= 11 is 0. The van der Waals surface area contributed by atoms with Crippen LogP contribution in [0, 0.1) is 5.92 Å². The third kappa shape index (κ3) is 2.53. The van der Waals surface area contributed by atoms with Gasteiger partial charge in [0, 0.05) is 18.0 Å². The molecule has 1 unspecified atom stereocenters. The van der Waals surface area contributed by atoms with Crippen molar-refractivity contribution in [3.63, 3.8) is 0 Å². The standard InChI is InChI=1S/C16H20N4O/c21-16(18-15-10-20-5-3-12(15)4-6-20)8-11-1-2-14-13(7-11)9-17-19-14/h1-2,7,9,12,15H,3-6,8,10H2,(H,17,19)(H,18,21). The number of rotatable bonds is 3. The van der Waals surface area contributed by atoms with Gasteiger partial charge in [-0.25, -0.2) is 0 Å². The largest absolute Gasteiger partial charge is 0.352 e. The average Bonchev–Trinajstić information content (AvgIpc) is 2.96. The first-order chi connectivity index (χ1) is 10.3. The first kappa shape index (κ1) is 12.8. The Morgan fingerprint density at radius 3 is 3.00 bits per heavy atom. The number of aromatic nitrogens is 2. The maximum Gasteiger partial charge on any atom is 0.224 e. The molecule has 0 aliphatic carbocycles. The van der Waals surface area contributed by atoms with E-state index in [1.807, 2.05) is 18.2 Å². The van der Waals surface area contributed by atoms with Crippen molar-refractivity contribution in [2.45, 2.75) is 25.3 Å². The van der Waals surface area contributed by atoms with Gasteiger partial charge in [0.25, 0.3) is 0 Å². The number of piperidine rings is 3. The lowest BCUT2D eigenvalue weighted by molar-refractivity contribution is -0.122. The first-order valence-corrected chi connectivity index (χ1v) is 7.72. The van der Waals surface area contributed by atoms with Crippen LogP contribution in [0.1, 0.15) is 18.4 Å². The molecular weight excluding hydrogens is 264 g/mol. The van der Waals surface area contributed by atoms with Gasteiger partial charge in [-0.1, -0.05) is 6.07 Å². The Labute approximate surface area is 123 Å². The summed E-state index contributed by atoms with van der Waals surface area (Å²) < 4.78 is 0. The van der Waals surface area contributed by atoms with Gasteiger partial charge in [-0.15, -0.1) is 0 Å². The van der Waals surface area contributed by atoms with Crippen LogP contribution < -0.4 is 5.32 Å². The third-order valence-corrected chi connectivity index (χ3v) is 4.87. The van der Waals surface area contributed by atoms with Crippen molar-refractivity contribution in [2.24, 2.45) is 5.92 Å². The SMILES string of the molecule is O=C(Cc1ccc2[nH]ncc2c1)NC1CN2CCC1CC2. The molecule has 3 aliphatic rings. The second-order valence-corrected chi connectivity index (χ2v) is 6.28. The molecule has 5 rings (SSSR count). The molecule has 110 valence electrons. The zero-order chi connectivity index (χ0) is 14.2.